The quantitative estimate of drug-likeness (QED) is 0.0353. The number of nitrogens with zero attached hydrogens (tertiary/aromatic N) is 2. The minimum absolute atomic E-state index is 0.0629. The molecule has 10 heteroatoms. The molecular weight excluding hydrogens is 769 g/mol. The standard InChI is InChI=1S/C51H90N2O8/c1-3-5-7-9-11-13-15-17-19-21-23-25-27-29-31-33-35-52-39-45(37-47(52)56)49(58)60-43-51(41-54,42-55)44-61-50(59)46-38-48(57)53(40-46)36-34-32-30-28-26-24-22-20-18-16-14-12-10-8-6-4-2/h17-20,45-46,54-55H,3-16,21-44H2,1-2H3/b19-17-,20-18-. The first kappa shape index (κ1) is 54.4. The van der Waals surface area contributed by atoms with Gasteiger partial charge in [0.15, 0.2) is 0 Å². The number of hydrogen-bond acceptors (Lipinski definition) is 8. The van der Waals surface area contributed by atoms with Gasteiger partial charge in [0.1, 0.15) is 13.2 Å². The second-order valence-electron chi connectivity index (χ2n) is 18.4. The van der Waals surface area contributed by atoms with Gasteiger partial charge in [-0.05, 0) is 64.2 Å². The van der Waals surface area contributed by atoms with Crippen LogP contribution in [0.2, 0.25) is 0 Å². The Bertz CT molecular complexity index is 1130. The van der Waals surface area contributed by atoms with Crippen molar-refractivity contribution in [3.05, 3.63) is 24.3 Å². The van der Waals surface area contributed by atoms with Crippen molar-refractivity contribution >= 4 is 23.8 Å². The number of carbonyl (C=O) groups is 4. The number of esters is 2. The topological polar surface area (TPSA) is 134 Å². The van der Waals surface area contributed by atoms with Crippen LogP contribution in [0.25, 0.3) is 0 Å². The molecule has 2 fully saturated rings. The first-order valence-electron chi connectivity index (χ1n) is 25.2. The Kier molecular flexibility index (Phi) is 31.9. The fourth-order valence-electron chi connectivity index (χ4n) is 8.35. The maximum atomic E-state index is 13.0. The van der Waals surface area contributed by atoms with E-state index in [1.54, 1.807) is 9.80 Å². The molecule has 2 saturated heterocycles. The maximum Gasteiger partial charge on any atom is 0.311 e. The van der Waals surface area contributed by atoms with E-state index in [0.717, 1.165) is 51.4 Å². The molecule has 2 atom stereocenters. The summed E-state index contributed by atoms with van der Waals surface area (Å²) in [7, 11) is 0. The molecule has 61 heavy (non-hydrogen) atoms. The molecule has 352 valence electrons. The number of hydrogen-bond donors (Lipinski definition) is 2. The van der Waals surface area contributed by atoms with Crippen LogP contribution in [-0.4, -0.2) is 96.4 Å². The summed E-state index contributed by atoms with van der Waals surface area (Å²) in [4.78, 5) is 54.8. The smallest absolute Gasteiger partial charge is 0.311 e. The van der Waals surface area contributed by atoms with Gasteiger partial charge in [0.25, 0.3) is 0 Å². The van der Waals surface area contributed by atoms with Gasteiger partial charge in [0.05, 0.1) is 30.5 Å². The van der Waals surface area contributed by atoms with E-state index in [9.17, 15) is 29.4 Å². The number of likely N-dealkylation sites (tertiary alicyclic amines) is 2. The molecule has 0 aromatic heterocycles. The summed E-state index contributed by atoms with van der Waals surface area (Å²) < 4.78 is 11.0. The Balaban J connectivity index is 1.54. The van der Waals surface area contributed by atoms with E-state index in [1.807, 2.05) is 0 Å². The van der Waals surface area contributed by atoms with E-state index in [2.05, 4.69) is 38.2 Å². The molecule has 0 aromatic carbocycles. The zero-order valence-electron chi connectivity index (χ0n) is 39.1. The van der Waals surface area contributed by atoms with Gasteiger partial charge in [-0.15, -0.1) is 0 Å². The summed E-state index contributed by atoms with van der Waals surface area (Å²) in [6.07, 6.45) is 43.7. The first-order chi connectivity index (χ1) is 29.8. The minimum Gasteiger partial charge on any atom is -0.464 e. The predicted octanol–water partition coefficient (Wildman–Crippen LogP) is 10.8. The Labute approximate surface area is 372 Å². The number of rotatable bonds is 40. The lowest BCUT2D eigenvalue weighted by molar-refractivity contribution is -0.163. The number of ether oxygens (including phenoxy) is 2. The van der Waals surface area contributed by atoms with E-state index in [1.165, 1.54) is 128 Å². The average molecular weight is 859 g/mol. The fourth-order valence-corrected chi connectivity index (χ4v) is 8.35. The molecule has 2 aliphatic heterocycles. The SMILES string of the molecule is CCCCCCCC/C=C\CCCCCCCCN1CC(C(=O)OCC(CO)(CO)COC(=O)C2CC(=O)N(CCCCCCCC/C=C\CCCCCCCC)C2)CC1=O. The van der Waals surface area contributed by atoms with Crippen LogP contribution in [-0.2, 0) is 28.7 Å². The van der Waals surface area contributed by atoms with Crippen LogP contribution in [0.3, 0.4) is 0 Å². The van der Waals surface area contributed by atoms with Crippen molar-refractivity contribution in [3.63, 3.8) is 0 Å². The van der Waals surface area contributed by atoms with Crippen molar-refractivity contribution < 1.29 is 38.9 Å². The van der Waals surface area contributed by atoms with Crippen LogP contribution < -0.4 is 0 Å². The van der Waals surface area contributed by atoms with Crippen molar-refractivity contribution in [2.45, 2.75) is 206 Å². The lowest BCUT2D eigenvalue weighted by Gasteiger charge is -2.29. The van der Waals surface area contributed by atoms with Gasteiger partial charge in [-0.3, -0.25) is 19.2 Å². The van der Waals surface area contributed by atoms with Gasteiger partial charge in [-0.25, -0.2) is 0 Å². The molecule has 0 spiro atoms. The highest BCUT2D eigenvalue weighted by molar-refractivity contribution is 5.87. The summed E-state index contributed by atoms with van der Waals surface area (Å²) in [5.74, 6) is -2.46. The highest BCUT2D eigenvalue weighted by Crippen LogP contribution is 2.25. The van der Waals surface area contributed by atoms with Crippen molar-refractivity contribution in [1.82, 2.24) is 9.80 Å². The molecule has 2 rings (SSSR count). The van der Waals surface area contributed by atoms with Gasteiger partial charge in [0, 0.05) is 39.0 Å². The van der Waals surface area contributed by atoms with Crippen LogP contribution in [0.15, 0.2) is 24.3 Å². The second-order valence-corrected chi connectivity index (χ2v) is 18.4. The Morgan fingerprint density at radius 3 is 1.11 bits per heavy atom. The zero-order valence-corrected chi connectivity index (χ0v) is 39.1. The average Bonchev–Trinajstić information content (AvgIpc) is 3.84. The molecule has 10 nitrogen and oxygen atoms in total. The normalized spacial score (nSPS) is 17.2. The summed E-state index contributed by atoms with van der Waals surface area (Å²) in [6.45, 7) is 4.51. The Morgan fingerprint density at radius 1 is 0.508 bits per heavy atom. The van der Waals surface area contributed by atoms with Crippen LogP contribution in [0, 0.1) is 17.3 Å². The second kappa shape index (κ2) is 35.7. The zero-order chi connectivity index (χ0) is 44.2. The van der Waals surface area contributed by atoms with E-state index in [0.29, 0.717) is 26.2 Å². The summed E-state index contributed by atoms with van der Waals surface area (Å²) in [6, 6.07) is 0. The molecule has 0 aliphatic carbocycles. The van der Waals surface area contributed by atoms with Crippen molar-refractivity contribution in [3.8, 4) is 0 Å². The lowest BCUT2D eigenvalue weighted by atomic mass is 9.92. The third-order valence-electron chi connectivity index (χ3n) is 12.7. The molecule has 2 N–H and O–H groups in total. The molecule has 0 saturated carbocycles. The molecular formula is C51H90N2O8. The first-order valence-corrected chi connectivity index (χ1v) is 25.2. The van der Waals surface area contributed by atoms with Gasteiger partial charge in [-0.2, -0.15) is 0 Å². The van der Waals surface area contributed by atoms with E-state index >= 15 is 0 Å². The Hall–Kier alpha value is -2.72. The maximum absolute atomic E-state index is 13.0. The number of allylic oxidation sites excluding steroid dienone is 4. The molecule has 2 heterocycles. The van der Waals surface area contributed by atoms with Gasteiger partial charge >= 0.3 is 11.9 Å². The molecule has 0 aromatic rings. The number of aliphatic hydroxyl groups is 2. The summed E-state index contributed by atoms with van der Waals surface area (Å²) >= 11 is 0. The van der Waals surface area contributed by atoms with Crippen LogP contribution in [0.4, 0.5) is 0 Å². The van der Waals surface area contributed by atoms with Crippen LogP contribution in [0.5, 0.6) is 0 Å². The number of amides is 2. The highest BCUT2D eigenvalue weighted by Gasteiger charge is 2.40. The van der Waals surface area contributed by atoms with Crippen LogP contribution in [0.1, 0.15) is 206 Å². The fraction of sp³-hybridized carbons (Fsp3) is 0.843. The van der Waals surface area contributed by atoms with Crippen molar-refractivity contribution in [2.24, 2.45) is 17.3 Å². The van der Waals surface area contributed by atoms with Gasteiger partial charge in [-0.1, -0.05) is 154 Å². The van der Waals surface area contributed by atoms with E-state index in [4.69, 9.17) is 9.47 Å². The van der Waals surface area contributed by atoms with Gasteiger partial charge < -0.3 is 29.5 Å². The Morgan fingerprint density at radius 2 is 0.803 bits per heavy atom. The number of aliphatic hydroxyl groups excluding tert-OH is 2. The molecule has 2 aliphatic rings. The highest BCUT2D eigenvalue weighted by atomic mass is 16.6. The number of carbonyl (C=O) groups excluding carboxylic acids is 4. The summed E-state index contributed by atoms with van der Waals surface area (Å²) in [5.41, 5.74) is -1.39. The monoisotopic (exact) mass is 859 g/mol. The van der Waals surface area contributed by atoms with Crippen molar-refractivity contribution in [2.75, 3.05) is 52.6 Å². The summed E-state index contributed by atoms with van der Waals surface area (Å²) in [5, 5.41) is 20.3. The third kappa shape index (κ3) is 25.2. The van der Waals surface area contributed by atoms with E-state index in [-0.39, 0.29) is 37.9 Å². The largest absolute Gasteiger partial charge is 0.464 e. The predicted molar refractivity (Wildman–Crippen MR) is 247 cm³/mol. The molecule has 0 radical (unpaired) electrons. The minimum atomic E-state index is -1.39. The third-order valence-corrected chi connectivity index (χ3v) is 12.7. The molecule has 0 bridgehead atoms. The number of unbranched alkanes of at least 4 members (excludes halogenated alkanes) is 24. The van der Waals surface area contributed by atoms with Crippen LogP contribution >= 0.6 is 0 Å². The van der Waals surface area contributed by atoms with Crippen molar-refractivity contribution in [1.29, 1.82) is 0 Å². The van der Waals surface area contributed by atoms with Gasteiger partial charge in [0.2, 0.25) is 11.8 Å². The van der Waals surface area contributed by atoms with E-state index < -0.39 is 42.4 Å². The lowest BCUT2D eigenvalue weighted by Crippen LogP contribution is -2.42. The molecule has 2 amide bonds. The molecule has 2 unspecified atom stereocenters.